The first-order chi connectivity index (χ1) is 10.1. The van der Waals surface area contributed by atoms with Gasteiger partial charge in [-0.1, -0.05) is 6.07 Å². The zero-order chi connectivity index (χ0) is 14.8. The van der Waals surface area contributed by atoms with Gasteiger partial charge >= 0.3 is 0 Å². The van der Waals surface area contributed by atoms with Crippen LogP contribution in [0.15, 0.2) is 35.2 Å². The molecule has 3 rings (SSSR count). The average molecular weight is 315 g/mol. The van der Waals surface area contributed by atoms with Gasteiger partial charge in [-0.15, -0.1) is 22.7 Å². The van der Waals surface area contributed by atoms with E-state index in [4.69, 9.17) is 0 Å². The molecule has 0 saturated heterocycles. The highest BCUT2D eigenvalue weighted by molar-refractivity contribution is 7.20. The maximum absolute atomic E-state index is 12.1. The monoisotopic (exact) mass is 315 g/mol. The topological polar surface area (TPSA) is 47.8 Å². The largest absolute Gasteiger partial charge is 0.289 e. The Labute approximate surface area is 130 Å². The number of rotatable bonds is 4. The van der Waals surface area contributed by atoms with Gasteiger partial charge in [0.25, 0.3) is 0 Å². The Morgan fingerprint density at radius 3 is 2.90 bits per heavy atom. The molecule has 0 fully saturated rings. The third-order valence-corrected chi connectivity index (χ3v) is 4.84. The lowest BCUT2D eigenvalue weighted by Crippen LogP contribution is -1.94. The fraction of sp³-hybridized carbons (Fsp3) is 0.133. The summed E-state index contributed by atoms with van der Waals surface area (Å²) >= 11 is 3.24. The van der Waals surface area contributed by atoms with Gasteiger partial charge in [0.2, 0.25) is 0 Å². The number of carbonyl (C=O) groups is 1. The van der Waals surface area contributed by atoms with E-state index in [-0.39, 0.29) is 5.78 Å². The molecule has 0 aliphatic carbocycles. The summed E-state index contributed by atoms with van der Waals surface area (Å²) in [7, 11) is 1.81. The van der Waals surface area contributed by atoms with Crippen LogP contribution in [0.5, 0.6) is 0 Å². The van der Waals surface area contributed by atoms with Gasteiger partial charge < -0.3 is 0 Å². The molecule has 3 aromatic rings. The lowest BCUT2D eigenvalue weighted by atomic mass is 10.1. The van der Waals surface area contributed by atoms with Crippen LogP contribution in [0.3, 0.4) is 0 Å². The van der Waals surface area contributed by atoms with E-state index in [1.54, 1.807) is 52.8 Å². The van der Waals surface area contributed by atoms with Crippen LogP contribution < -0.4 is 0 Å². The van der Waals surface area contributed by atoms with Gasteiger partial charge in [0.1, 0.15) is 5.01 Å². The van der Waals surface area contributed by atoms with Crippen molar-refractivity contribution in [2.45, 2.75) is 6.92 Å². The number of hydrogen-bond donors (Lipinski definition) is 0. The minimum absolute atomic E-state index is 0.0497. The Kier molecular flexibility index (Phi) is 3.81. The van der Waals surface area contributed by atoms with Crippen molar-refractivity contribution >= 4 is 34.5 Å². The summed E-state index contributed by atoms with van der Waals surface area (Å²) in [5.74, 6) is -0.0497. The highest BCUT2D eigenvalue weighted by atomic mass is 32.1. The van der Waals surface area contributed by atoms with Gasteiger partial charge in [-0.25, -0.2) is 4.98 Å². The van der Waals surface area contributed by atoms with Crippen LogP contribution >= 0.6 is 22.7 Å². The fourth-order valence-corrected chi connectivity index (χ4v) is 3.57. The summed E-state index contributed by atoms with van der Waals surface area (Å²) < 4.78 is 1.65. The quantitative estimate of drug-likeness (QED) is 0.543. The molecule has 0 aliphatic rings. The lowest BCUT2D eigenvalue weighted by molar-refractivity contribution is 0.104. The molecule has 0 atom stereocenters. The van der Waals surface area contributed by atoms with Gasteiger partial charge in [-0.3, -0.25) is 9.48 Å². The molecule has 3 aromatic heterocycles. The Morgan fingerprint density at radius 1 is 1.38 bits per heavy atom. The number of thiazole rings is 1. The van der Waals surface area contributed by atoms with E-state index in [1.807, 2.05) is 29.8 Å². The van der Waals surface area contributed by atoms with E-state index in [9.17, 15) is 4.79 Å². The summed E-state index contributed by atoms with van der Waals surface area (Å²) in [6, 6.07) is 4.05. The average Bonchev–Trinajstić information content (AvgIpc) is 3.15. The van der Waals surface area contributed by atoms with Crippen molar-refractivity contribution in [1.82, 2.24) is 14.8 Å². The van der Waals surface area contributed by atoms with Crippen molar-refractivity contribution in [2.24, 2.45) is 7.05 Å². The molecule has 0 aromatic carbocycles. The molecule has 0 radical (unpaired) electrons. The van der Waals surface area contributed by atoms with E-state index in [2.05, 4.69) is 10.1 Å². The molecule has 3 heterocycles. The molecule has 4 nitrogen and oxygen atoms in total. The van der Waals surface area contributed by atoms with E-state index in [1.165, 1.54) is 0 Å². The second-order valence-electron chi connectivity index (χ2n) is 4.55. The number of thiophene rings is 1. The van der Waals surface area contributed by atoms with E-state index in [0.717, 1.165) is 21.3 Å². The van der Waals surface area contributed by atoms with Crippen LogP contribution in [0, 0.1) is 6.92 Å². The third kappa shape index (κ3) is 3.01. The first-order valence-electron chi connectivity index (χ1n) is 6.35. The lowest BCUT2D eigenvalue weighted by Gasteiger charge is -1.90. The van der Waals surface area contributed by atoms with Crippen molar-refractivity contribution in [2.75, 3.05) is 0 Å². The van der Waals surface area contributed by atoms with Gasteiger partial charge in [0.05, 0.1) is 21.8 Å². The van der Waals surface area contributed by atoms with Crippen LogP contribution in [0.1, 0.15) is 21.7 Å². The van der Waals surface area contributed by atoms with E-state index >= 15 is 0 Å². The maximum Gasteiger partial charge on any atom is 0.189 e. The standard InChI is InChI=1S/C15H13N3OS2/c1-10-12(8-18(2)17-10)13(19)6-5-11-9-21-15(16-11)14-4-3-7-20-14/h3-9H,1-2H3/b6-5-. The van der Waals surface area contributed by atoms with Crippen LogP contribution in [-0.4, -0.2) is 20.5 Å². The fourth-order valence-electron chi connectivity index (χ4n) is 1.97. The Hall–Kier alpha value is -2.05. The van der Waals surface area contributed by atoms with Gasteiger partial charge in [0, 0.05) is 18.6 Å². The van der Waals surface area contributed by atoms with Crippen LogP contribution in [-0.2, 0) is 7.05 Å². The molecular formula is C15H13N3OS2. The summed E-state index contributed by atoms with van der Waals surface area (Å²) in [4.78, 5) is 17.8. The van der Waals surface area contributed by atoms with Crippen molar-refractivity contribution in [3.63, 3.8) is 0 Å². The SMILES string of the molecule is Cc1nn(C)cc1C(=O)/C=C\c1csc(-c2cccs2)n1. The number of allylic oxidation sites excluding steroid dienone is 1. The minimum Gasteiger partial charge on any atom is -0.289 e. The Bertz CT molecular complexity index is 797. The second kappa shape index (κ2) is 5.75. The molecule has 0 spiro atoms. The minimum atomic E-state index is -0.0497. The van der Waals surface area contributed by atoms with Crippen LogP contribution in [0.4, 0.5) is 0 Å². The van der Waals surface area contributed by atoms with Gasteiger partial charge in [-0.05, 0) is 30.5 Å². The number of hydrogen-bond acceptors (Lipinski definition) is 5. The molecule has 106 valence electrons. The van der Waals surface area contributed by atoms with E-state index < -0.39 is 0 Å². The Morgan fingerprint density at radius 2 is 2.24 bits per heavy atom. The molecule has 6 heteroatoms. The number of aryl methyl sites for hydroxylation is 2. The van der Waals surface area contributed by atoms with Crippen molar-refractivity contribution in [3.05, 3.63) is 52.1 Å². The summed E-state index contributed by atoms with van der Waals surface area (Å²) in [5.41, 5.74) is 2.17. The molecule has 0 saturated carbocycles. The molecule has 0 aliphatic heterocycles. The van der Waals surface area contributed by atoms with Gasteiger partial charge in [-0.2, -0.15) is 5.10 Å². The normalized spacial score (nSPS) is 11.3. The zero-order valence-electron chi connectivity index (χ0n) is 11.6. The predicted molar refractivity (Wildman–Crippen MR) is 86.7 cm³/mol. The molecule has 21 heavy (non-hydrogen) atoms. The van der Waals surface area contributed by atoms with Crippen LogP contribution in [0.25, 0.3) is 16.0 Å². The van der Waals surface area contributed by atoms with Crippen molar-refractivity contribution in [3.8, 4) is 9.88 Å². The highest BCUT2D eigenvalue weighted by Crippen LogP contribution is 2.28. The smallest absolute Gasteiger partial charge is 0.189 e. The summed E-state index contributed by atoms with van der Waals surface area (Å²) in [5, 5.41) is 9.14. The first kappa shape index (κ1) is 13.9. The summed E-state index contributed by atoms with van der Waals surface area (Å²) in [6.07, 6.45) is 5.04. The number of nitrogens with zero attached hydrogens (tertiary/aromatic N) is 3. The first-order valence-corrected chi connectivity index (χ1v) is 8.11. The number of ketones is 1. The molecule has 0 bridgehead atoms. The molecule has 0 amide bonds. The Balaban J connectivity index is 1.77. The van der Waals surface area contributed by atoms with Gasteiger partial charge in [0.15, 0.2) is 5.78 Å². The van der Waals surface area contributed by atoms with E-state index in [0.29, 0.717) is 5.56 Å². The maximum atomic E-state index is 12.1. The number of aromatic nitrogens is 3. The molecule has 0 unspecified atom stereocenters. The van der Waals surface area contributed by atoms with Crippen LogP contribution in [0.2, 0.25) is 0 Å². The molecular weight excluding hydrogens is 302 g/mol. The number of carbonyl (C=O) groups excluding carboxylic acids is 1. The van der Waals surface area contributed by atoms with Crippen molar-refractivity contribution in [1.29, 1.82) is 0 Å². The predicted octanol–water partition coefficient (Wildman–Crippen LogP) is 3.81. The highest BCUT2D eigenvalue weighted by Gasteiger charge is 2.10. The second-order valence-corrected chi connectivity index (χ2v) is 6.36. The summed E-state index contributed by atoms with van der Waals surface area (Å²) in [6.45, 7) is 1.83. The third-order valence-electron chi connectivity index (χ3n) is 2.94. The van der Waals surface area contributed by atoms with Crippen molar-refractivity contribution < 1.29 is 4.79 Å². The molecule has 0 N–H and O–H groups in total. The zero-order valence-corrected chi connectivity index (χ0v) is 13.2.